The number of rotatable bonds is 10. The van der Waals surface area contributed by atoms with E-state index < -0.39 is 23.8 Å². The monoisotopic (exact) mass is 569 g/mol. The topological polar surface area (TPSA) is 82.3 Å². The Bertz CT molecular complexity index is 1430. The number of aliphatic hydroxyl groups is 1. The van der Waals surface area contributed by atoms with Gasteiger partial charge in [-0.3, -0.25) is 9.69 Å². The van der Waals surface area contributed by atoms with Crippen LogP contribution in [-0.4, -0.2) is 78.2 Å². The molecule has 41 heavy (non-hydrogen) atoms. The van der Waals surface area contributed by atoms with Gasteiger partial charge in [-0.05, 0) is 62.8 Å². The van der Waals surface area contributed by atoms with Crippen LogP contribution in [0.2, 0.25) is 0 Å². The highest BCUT2D eigenvalue weighted by Gasteiger charge is 2.32. The number of hydrazone groups is 1. The third kappa shape index (κ3) is 6.87. The van der Waals surface area contributed by atoms with Gasteiger partial charge in [0.25, 0.3) is 5.91 Å². The summed E-state index contributed by atoms with van der Waals surface area (Å²) in [6.07, 6.45) is -0.420. The highest BCUT2D eigenvalue weighted by Crippen LogP contribution is 2.32. The summed E-state index contributed by atoms with van der Waals surface area (Å²) >= 11 is 0. The van der Waals surface area contributed by atoms with Crippen molar-refractivity contribution >= 4 is 34.3 Å². The van der Waals surface area contributed by atoms with Gasteiger partial charge in [0.05, 0.1) is 41.9 Å². The van der Waals surface area contributed by atoms with Gasteiger partial charge in [0, 0.05) is 48.8 Å². The van der Waals surface area contributed by atoms with Gasteiger partial charge in [-0.2, -0.15) is 23.3 Å². The molecule has 5 rings (SSSR count). The summed E-state index contributed by atoms with van der Waals surface area (Å²) in [7, 11) is 0. The van der Waals surface area contributed by atoms with Gasteiger partial charge in [-0.15, -0.1) is 0 Å². The first-order chi connectivity index (χ1) is 19.7. The van der Waals surface area contributed by atoms with Crippen LogP contribution in [-0.2, 0) is 22.3 Å². The number of alkyl halides is 3. The van der Waals surface area contributed by atoms with Crippen molar-refractivity contribution in [2.24, 2.45) is 5.10 Å². The molecule has 218 valence electrons. The van der Waals surface area contributed by atoms with E-state index in [0.717, 1.165) is 79.4 Å². The molecule has 11 heteroatoms. The Hall–Kier alpha value is -3.51. The Morgan fingerprint density at radius 3 is 2.59 bits per heavy atom. The minimum Gasteiger partial charge on any atom is -0.390 e. The third-order valence-corrected chi connectivity index (χ3v) is 7.34. The number of amides is 1. The lowest BCUT2D eigenvalue weighted by Gasteiger charge is -2.26. The smallest absolute Gasteiger partial charge is 0.390 e. The number of carbonyl (C=O) groups is 1. The summed E-state index contributed by atoms with van der Waals surface area (Å²) in [5.74, 6) is -0.416. The van der Waals surface area contributed by atoms with Crippen molar-refractivity contribution in [2.45, 2.75) is 32.2 Å². The molecule has 1 amide bonds. The van der Waals surface area contributed by atoms with Crippen LogP contribution >= 0.6 is 0 Å². The number of ether oxygens (including phenoxy) is 1. The maximum absolute atomic E-state index is 13.3. The number of fused-ring (bicyclic) bond motifs is 1. The van der Waals surface area contributed by atoms with Crippen LogP contribution in [0, 0.1) is 0 Å². The standard InChI is InChI=1S/C30H34F3N5O3/c1-21-27(29(40)38(35-21)24-9-7-23(8-10-24)30(31,32)33)17-22-19-37(28-6-3-2-5-26(22)28)20-25(39)18-34-11-4-12-36-13-15-41-16-14-36/h2-3,5-10,17,19,25,34,39H,4,11-16,18,20H2,1H3/b27-17+. The van der Waals surface area contributed by atoms with Crippen molar-refractivity contribution in [3.05, 3.63) is 71.4 Å². The largest absolute Gasteiger partial charge is 0.416 e. The molecular weight excluding hydrogens is 535 g/mol. The van der Waals surface area contributed by atoms with Gasteiger partial charge in [0.1, 0.15) is 0 Å². The van der Waals surface area contributed by atoms with E-state index in [1.807, 2.05) is 35.0 Å². The molecule has 3 aromatic rings. The fourth-order valence-corrected chi connectivity index (χ4v) is 5.16. The van der Waals surface area contributed by atoms with Crippen molar-refractivity contribution < 1.29 is 27.8 Å². The number of benzene rings is 2. The number of morpholine rings is 1. The summed E-state index contributed by atoms with van der Waals surface area (Å²) in [5, 5.41) is 20.4. The van der Waals surface area contributed by atoms with Gasteiger partial charge in [-0.25, -0.2) is 0 Å². The summed E-state index contributed by atoms with van der Waals surface area (Å²) in [6, 6.07) is 12.1. The highest BCUT2D eigenvalue weighted by atomic mass is 19.4. The number of nitrogens with one attached hydrogen (secondary N) is 1. The van der Waals surface area contributed by atoms with Crippen molar-refractivity contribution in [3.63, 3.8) is 0 Å². The Morgan fingerprint density at radius 1 is 1.12 bits per heavy atom. The average molecular weight is 570 g/mol. The third-order valence-electron chi connectivity index (χ3n) is 7.34. The van der Waals surface area contributed by atoms with Crippen LogP contribution in [0.15, 0.2) is 65.4 Å². The Morgan fingerprint density at radius 2 is 1.85 bits per heavy atom. The molecule has 1 fully saturated rings. The van der Waals surface area contributed by atoms with Gasteiger partial charge in [0.15, 0.2) is 0 Å². The zero-order valence-electron chi connectivity index (χ0n) is 22.9. The van der Waals surface area contributed by atoms with E-state index in [2.05, 4.69) is 15.3 Å². The Balaban J connectivity index is 1.25. The number of aromatic nitrogens is 1. The predicted octanol–water partition coefficient (Wildman–Crippen LogP) is 4.14. The SMILES string of the molecule is CC1=NN(c2ccc(C(F)(F)F)cc2)C(=O)/C1=C/c1cn(CC(O)CNCCCN2CCOCC2)c2ccccc12. The first kappa shape index (κ1) is 29.0. The first-order valence-electron chi connectivity index (χ1n) is 13.8. The Labute approximate surface area is 236 Å². The van der Waals surface area contributed by atoms with Crippen molar-refractivity contribution in [2.75, 3.05) is 50.9 Å². The van der Waals surface area contributed by atoms with E-state index in [1.54, 1.807) is 13.0 Å². The highest BCUT2D eigenvalue weighted by molar-refractivity contribution is 6.32. The average Bonchev–Trinajstić information content (AvgIpc) is 3.45. The van der Waals surface area contributed by atoms with Crippen LogP contribution in [0.4, 0.5) is 18.9 Å². The summed E-state index contributed by atoms with van der Waals surface area (Å²) in [4.78, 5) is 15.6. The van der Waals surface area contributed by atoms with E-state index in [0.29, 0.717) is 24.4 Å². The van der Waals surface area contributed by atoms with E-state index in [4.69, 9.17) is 4.74 Å². The molecule has 0 bridgehead atoms. The molecule has 1 unspecified atom stereocenters. The molecule has 0 saturated carbocycles. The number of hydrogen-bond acceptors (Lipinski definition) is 6. The second kappa shape index (κ2) is 12.6. The molecular formula is C30H34F3N5O3. The quantitative estimate of drug-likeness (QED) is 0.284. The van der Waals surface area contributed by atoms with Gasteiger partial charge >= 0.3 is 6.18 Å². The maximum atomic E-state index is 13.3. The minimum atomic E-state index is -4.46. The summed E-state index contributed by atoms with van der Waals surface area (Å²) in [5.41, 5.74) is 2.00. The molecule has 2 aliphatic heterocycles. The minimum absolute atomic E-state index is 0.258. The molecule has 2 aromatic carbocycles. The van der Waals surface area contributed by atoms with E-state index in [-0.39, 0.29) is 5.69 Å². The molecule has 3 heterocycles. The zero-order chi connectivity index (χ0) is 29.0. The van der Waals surface area contributed by atoms with E-state index in [9.17, 15) is 23.1 Å². The van der Waals surface area contributed by atoms with Gasteiger partial charge in [0.2, 0.25) is 0 Å². The van der Waals surface area contributed by atoms with Crippen LogP contribution in [0.25, 0.3) is 17.0 Å². The number of para-hydroxylation sites is 1. The summed E-state index contributed by atoms with van der Waals surface area (Å²) in [6.45, 7) is 7.84. The van der Waals surface area contributed by atoms with E-state index in [1.165, 1.54) is 12.1 Å². The van der Waals surface area contributed by atoms with Crippen LogP contribution < -0.4 is 10.3 Å². The number of nitrogens with zero attached hydrogens (tertiary/aromatic N) is 4. The molecule has 1 aromatic heterocycles. The second-order valence-corrected chi connectivity index (χ2v) is 10.3. The first-order valence-corrected chi connectivity index (χ1v) is 13.8. The number of halogens is 3. The zero-order valence-corrected chi connectivity index (χ0v) is 22.9. The molecule has 1 atom stereocenters. The lowest BCUT2D eigenvalue weighted by molar-refractivity contribution is -0.137. The Kier molecular flexibility index (Phi) is 8.88. The van der Waals surface area contributed by atoms with Crippen molar-refractivity contribution in [3.8, 4) is 0 Å². The fraction of sp³-hybridized carbons (Fsp3) is 0.400. The second-order valence-electron chi connectivity index (χ2n) is 10.3. The van der Waals surface area contributed by atoms with Gasteiger partial charge in [-0.1, -0.05) is 18.2 Å². The van der Waals surface area contributed by atoms with Crippen molar-refractivity contribution in [1.29, 1.82) is 0 Å². The van der Waals surface area contributed by atoms with E-state index >= 15 is 0 Å². The predicted molar refractivity (Wildman–Crippen MR) is 153 cm³/mol. The number of anilines is 1. The molecule has 0 aliphatic carbocycles. The fourth-order valence-electron chi connectivity index (χ4n) is 5.16. The molecule has 2 N–H and O–H groups in total. The van der Waals surface area contributed by atoms with Crippen molar-refractivity contribution in [1.82, 2.24) is 14.8 Å². The number of hydrogen-bond donors (Lipinski definition) is 2. The molecule has 0 radical (unpaired) electrons. The normalized spacial score (nSPS) is 18.5. The number of aliphatic hydroxyl groups excluding tert-OH is 1. The lowest BCUT2D eigenvalue weighted by atomic mass is 10.1. The van der Waals surface area contributed by atoms with Crippen LogP contribution in [0.1, 0.15) is 24.5 Å². The van der Waals surface area contributed by atoms with Crippen LogP contribution in [0.5, 0.6) is 0 Å². The lowest BCUT2D eigenvalue weighted by Crippen LogP contribution is -2.38. The summed E-state index contributed by atoms with van der Waals surface area (Å²) < 4.78 is 46.2. The van der Waals surface area contributed by atoms with Crippen LogP contribution in [0.3, 0.4) is 0 Å². The molecule has 0 spiro atoms. The molecule has 1 saturated heterocycles. The maximum Gasteiger partial charge on any atom is 0.416 e. The van der Waals surface area contributed by atoms with Gasteiger partial charge < -0.3 is 19.7 Å². The molecule has 8 nitrogen and oxygen atoms in total. The molecule has 2 aliphatic rings. The number of carbonyl (C=O) groups excluding carboxylic acids is 1.